The lowest BCUT2D eigenvalue weighted by Gasteiger charge is -2.28. The summed E-state index contributed by atoms with van der Waals surface area (Å²) in [6.07, 6.45) is 0.268. The molecule has 0 saturated carbocycles. The quantitative estimate of drug-likeness (QED) is 0.554. The third-order valence-corrected chi connectivity index (χ3v) is 5.01. The maximum absolute atomic E-state index is 12.6. The molecule has 180 valence electrons. The van der Waals surface area contributed by atoms with Crippen molar-refractivity contribution in [2.75, 3.05) is 13.2 Å². The van der Waals surface area contributed by atoms with Crippen LogP contribution in [0.2, 0.25) is 0 Å². The number of amides is 1. The van der Waals surface area contributed by atoms with Gasteiger partial charge in [-0.2, -0.15) is 0 Å². The number of aromatic hydroxyl groups is 1. The minimum Gasteiger partial charge on any atom is -0.507 e. The summed E-state index contributed by atoms with van der Waals surface area (Å²) in [7, 11) is 0. The highest BCUT2D eigenvalue weighted by Gasteiger charge is 2.28. The minimum absolute atomic E-state index is 0.122. The summed E-state index contributed by atoms with van der Waals surface area (Å²) in [6.45, 7) is 15.9. The first-order valence-electron chi connectivity index (χ1n) is 11.2. The Hall–Kier alpha value is -2.57. The number of hydrogen-bond acceptors (Lipinski definition) is 6. The van der Waals surface area contributed by atoms with Gasteiger partial charge in [0.05, 0.1) is 19.6 Å². The van der Waals surface area contributed by atoms with Crippen LogP contribution >= 0.6 is 0 Å². The van der Waals surface area contributed by atoms with E-state index in [0.717, 1.165) is 16.7 Å². The number of esters is 2. The average molecular weight is 450 g/mol. The number of phenolic OH excluding ortho intramolecular Hbond substituents is 1. The zero-order chi connectivity index (χ0) is 24.7. The van der Waals surface area contributed by atoms with E-state index < -0.39 is 18.0 Å². The highest BCUT2D eigenvalue weighted by atomic mass is 16.5. The largest absolute Gasteiger partial charge is 0.507 e. The van der Waals surface area contributed by atoms with Crippen molar-refractivity contribution >= 4 is 17.8 Å². The number of rotatable bonds is 9. The van der Waals surface area contributed by atoms with E-state index in [2.05, 4.69) is 5.32 Å². The summed E-state index contributed by atoms with van der Waals surface area (Å²) in [6, 6.07) is 2.77. The van der Waals surface area contributed by atoms with Gasteiger partial charge in [-0.3, -0.25) is 9.59 Å². The molecule has 1 amide bonds. The molecule has 7 nitrogen and oxygen atoms in total. The third-order valence-electron chi connectivity index (χ3n) is 5.01. The Kier molecular flexibility index (Phi) is 9.73. The molecule has 0 radical (unpaired) electrons. The summed E-state index contributed by atoms with van der Waals surface area (Å²) in [5.74, 6) is -1.32. The summed E-state index contributed by atoms with van der Waals surface area (Å²) in [5.41, 5.74) is 2.04. The highest BCUT2D eigenvalue weighted by Crippen LogP contribution is 2.39. The fourth-order valence-electron chi connectivity index (χ4n) is 3.33. The zero-order valence-corrected chi connectivity index (χ0v) is 20.8. The van der Waals surface area contributed by atoms with Crippen LogP contribution in [0.1, 0.15) is 84.9 Å². The Balaban J connectivity index is 3.02. The molecule has 1 aromatic rings. The summed E-state index contributed by atoms with van der Waals surface area (Å²) in [4.78, 5) is 36.6. The van der Waals surface area contributed by atoms with Crippen LogP contribution in [0.15, 0.2) is 12.1 Å². The van der Waals surface area contributed by atoms with Gasteiger partial charge in [-0.1, -0.05) is 53.7 Å². The van der Waals surface area contributed by atoms with Crippen LogP contribution in [-0.4, -0.2) is 42.2 Å². The van der Waals surface area contributed by atoms with Gasteiger partial charge in [-0.15, -0.1) is 0 Å². The maximum atomic E-state index is 12.6. The van der Waals surface area contributed by atoms with Crippen molar-refractivity contribution < 1.29 is 29.0 Å². The first-order valence-corrected chi connectivity index (χ1v) is 11.2. The van der Waals surface area contributed by atoms with Crippen molar-refractivity contribution in [3.63, 3.8) is 0 Å². The topological polar surface area (TPSA) is 102 Å². The molecule has 0 aliphatic rings. The van der Waals surface area contributed by atoms with Crippen LogP contribution in [0.4, 0.5) is 0 Å². The van der Waals surface area contributed by atoms with Crippen molar-refractivity contribution in [3.05, 3.63) is 28.8 Å². The van der Waals surface area contributed by atoms with Gasteiger partial charge in [-0.25, -0.2) is 4.79 Å². The molecular weight excluding hydrogens is 410 g/mol. The Bertz CT molecular complexity index is 782. The molecule has 0 fully saturated rings. The van der Waals surface area contributed by atoms with Gasteiger partial charge in [-0.05, 0) is 47.8 Å². The fraction of sp³-hybridized carbons (Fsp3) is 0.640. The molecule has 1 unspecified atom stereocenters. The molecule has 1 rings (SSSR count). The number of hydrogen-bond donors (Lipinski definition) is 2. The van der Waals surface area contributed by atoms with E-state index in [0.29, 0.717) is 6.42 Å². The van der Waals surface area contributed by atoms with Crippen molar-refractivity contribution in [2.24, 2.45) is 0 Å². The molecule has 2 N–H and O–H groups in total. The zero-order valence-electron chi connectivity index (χ0n) is 20.8. The lowest BCUT2D eigenvalue weighted by atomic mass is 9.78. The van der Waals surface area contributed by atoms with Crippen LogP contribution in [-0.2, 0) is 41.1 Å². The average Bonchev–Trinajstić information content (AvgIpc) is 2.65. The molecule has 1 atom stereocenters. The molecule has 0 aliphatic carbocycles. The maximum Gasteiger partial charge on any atom is 0.329 e. The van der Waals surface area contributed by atoms with E-state index in [1.807, 2.05) is 53.7 Å². The fourth-order valence-corrected chi connectivity index (χ4v) is 3.33. The van der Waals surface area contributed by atoms with Crippen molar-refractivity contribution in [1.82, 2.24) is 5.32 Å². The van der Waals surface area contributed by atoms with E-state index >= 15 is 0 Å². The van der Waals surface area contributed by atoms with Gasteiger partial charge in [0.2, 0.25) is 5.91 Å². The number of carbonyl (C=O) groups is 3. The monoisotopic (exact) mass is 449 g/mol. The smallest absolute Gasteiger partial charge is 0.329 e. The molecule has 0 aliphatic heterocycles. The van der Waals surface area contributed by atoms with E-state index in [1.54, 1.807) is 13.8 Å². The number of carbonyl (C=O) groups excluding carboxylic acids is 3. The normalized spacial score (nSPS) is 12.8. The molecule has 32 heavy (non-hydrogen) atoms. The Morgan fingerprint density at radius 2 is 1.44 bits per heavy atom. The second-order valence-corrected chi connectivity index (χ2v) is 9.92. The number of ether oxygens (including phenoxy) is 2. The van der Waals surface area contributed by atoms with Crippen LogP contribution in [0.5, 0.6) is 5.75 Å². The highest BCUT2D eigenvalue weighted by molar-refractivity contribution is 5.88. The molecule has 1 aromatic carbocycles. The van der Waals surface area contributed by atoms with E-state index in [9.17, 15) is 19.5 Å². The van der Waals surface area contributed by atoms with E-state index in [-0.39, 0.29) is 48.5 Å². The first-order chi connectivity index (χ1) is 14.7. The minimum atomic E-state index is -1.09. The number of benzene rings is 1. The predicted octanol–water partition coefficient (Wildman–Crippen LogP) is 3.92. The first kappa shape index (κ1) is 27.5. The Morgan fingerprint density at radius 3 is 1.88 bits per heavy atom. The standard InChI is InChI=1S/C25H39NO6/c1-9-31-21(28)15-19(23(30)32-10-2)26-20(27)12-11-16-13-17(24(3,4)5)22(29)18(14-16)25(6,7)8/h13-14,19,29H,9-12,15H2,1-8H3,(H,26,27). The third kappa shape index (κ3) is 8.17. The molecule has 0 heterocycles. The van der Waals surface area contributed by atoms with Gasteiger partial charge in [0.25, 0.3) is 0 Å². The molecule has 0 aromatic heterocycles. The van der Waals surface area contributed by atoms with Crippen molar-refractivity contribution in [3.8, 4) is 5.75 Å². The Labute approximate surface area is 191 Å². The van der Waals surface area contributed by atoms with Gasteiger partial charge in [0.1, 0.15) is 11.8 Å². The van der Waals surface area contributed by atoms with Gasteiger partial charge >= 0.3 is 11.9 Å². The summed E-state index contributed by atoms with van der Waals surface area (Å²) < 4.78 is 9.87. The molecule has 0 saturated heterocycles. The van der Waals surface area contributed by atoms with Crippen molar-refractivity contribution in [1.29, 1.82) is 0 Å². The van der Waals surface area contributed by atoms with Gasteiger partial charge in [0, 0.05) is 6.42 Å². The summed E-state index contributed by atoms with van der Waals surface area (Å²) in [5, 5.41) is 13.4. The summed E-state index contributed by atoms with van der Waals surface area (Å²) >= 11 is 0. The number of nitrogens with one attached hydrogen (secondary N) is 1. The Morgan fingerprint density at radius 1 is 0.938 bits per heavy atom. The molecule has 7 heteroatoms. The van der Waals surface area contributed by atoms with Crippen LogP contribution < -0.4 is 5.32 Å². The number of phenols is 1. The van der Waals surface area contributed by atoms with Gasteiger partial charge in [0.15, 0.2) is 0 Å². The van der Waals surface area contributed by atoms with Crippen LogP contribution in [0.3, 0.4) is 0 Å². The van der Waals surface area contributed by atoms with Crippen LogP contribution in [0.25, 0.3) is 0 Å². The van der Waals surface area contributed by atoms with Crippen LogP contribution in [0, 0.1) is 0 Å². The second-order valence-electron chi connectivity index (χ2n) is 9.92. The number of aryl methyl sites for hydroxylation is 1. The lowest BCUT2D eigenvalue weighted by Crippen LogP contribution is -2.43. The second kappa shape index (κ2) is 11.3. The molecule has 0 spiro atoms. The molecular formula is C25H39NO6. The van der Waals surface area contributed by atoms with E-state index in [4.69, 9.17) is 9.47 Å². The predicted molar refractivity (Wildman–Crippen MR) is 124 cm³/mol. The molecule has 0 bridgehead atoms. The SMILES string of the molecule is CCOC(=O)CC(NC(=O)CCc1cc(C(C)(C)C)c(O)c(C(C)(C)C)c1)C(=O)OCC. The lowest BCUT2D eigenvalue weighted by molar-refractivity contribution is -0.153. The van der Waals surface area contributed by atoms with Gasteiger partial charge < -0.3 is 19.9 Å². The van der Waals surface area contributed by atoms with E-state index in [1.165, 1.54) is 0 Å². The van der Waals surface area contributed by atoms with Crippen molar-refractivity contribution in [2.45, 2.75) is 91.5 Å².